The second-order valence-electron chi connectivity index (χ2n) is 9.04. The third kappa shape index (κ3) is 1.86. The summed E-state index contributed by atoms with van der Waals surface area (Å²) in [6.45, 7) is 5.12. The van der Waals surface area contributed by atoms with Crippen LogP contribution in [0, 0.1) is 34.5 Å². The average molecular weight is 289 g/mol. The highest BCUT2D eigenvalue weighted by molar-refractivity contribution is 5.87. The van der Waals surface area contributed by atoms with Gasteiger partial charge in [-0.1, -0.05) is 25.4 Å². The van der Waals surface area contributed by atoms with Gasteiger partial charge in [0, 0.05) is 5.92 Å². The van der Waals surface area contributed by atoms with Crippen molar-refractivity contribution in [3.63, 3.8) is 0 Å². The molecular formula is C19H31NO. The standard InChI is InChI=1S/C19H31NO/c1-18-10-3-5-14(18)13-7-8-16-17(20-21)6-4-11-19(16,2)15(13)9-12-18/h13-16,21H,3-12H2,1-2H3. The Kier molecular flexibility index (Phi) is 3.17. The number of fused-ring (bicyclic) bond motifs is 5. The van der Waals surface area contributed by atoms with Gasteiger partial charge in [0.15, 0.2) is 0 Å². The van der Waals surface area contributed by atoms with Crippen LogP contribution in [0.1, 0.15) is 78.1 Å². The largest absolute Gasteiger partial charge is 0.411 e. The van der Waals surface area contributed by atoms with Crippen LogP contribution in [0.4, 0.5) is 0 Å². The van der Waals surface area contributed by atoms with E-state index in [1.807, 2.05) is 0 Å². The lowest BCUT2D eigenvalue weighted by molar-refractivity contribution is -0.0795. The van der Waals surface area contributed by atoms with Crippen LogP contribution in [0.2, 0.25) is 0 Å². The van der Waals surface area contributed by atoms with Gasteiger partial charge in [-0.15, -0.1) is 0 Å². The van der Waals surface area contributed by atoms with Crippen molar-refractivity contribution in [1.29, 1.82) is 0 Å². The number of hydrogen-bond acceptors (Lipinski definition) is 2. The zero-order valence-electron chi connectivity index (χ0n) is 13.8. The molecule has 1 N–H and O–H groups in total. The van der Waals surface area contributed by atoms with Crippen LogP contribution in [0.3, 0.4) is 0 Å². The summed E-state index contributed by atoms with van der Waals surface area (Å²) in [5.74, 6) is 3.42. The molecule has 0 saturated heterocycles. The van der Waals surface area contributed by atoms with Crippen molar-refractivity contribution < 1.29 is 5.21 Å². The predicted octanol–water partition coefficient (Wildman–Crippen LogP) is 5.25. The van der Waals surface area contributed by atoms with Gasteiger partial charge in [0.25, 0.3) is 0 Å². The van der Waals surface area contributed by atoms with Crippen molar-refractivity contribution >= 4 is 5.71 Å². The van der Waals surface area contributed by atoms with E-state index in [0.717, 1.165) is 29.9 Å². The maximum atomic E-state index is 9.42. The first-order valence-electron chi connectivity index (χ1n) is 9.29. The fourth-order valence-corrected chi connectivity index (χ4v) is 7.30. The molecule has 0 aliphatic heterocycles. The molecule has 4 saturated carbocycles. The van der Waals surface area contributed by atoms with Crippen molar-refractivity contribution in [2.24, 2.45) is 39.7 Å². The van der Waals surface area contributed by atoms with Crippen LogP contribution in [-0.4, -0.2) is 10.9 Å². The first kappa shape index (κ1) is 14.1. The monoisotopic (exact) mass is 289 g/mol. The van der Waals surface area contributed by atoms with Crippen molar-refractivity contribution in [3.8, 4) is 0 Å². The van der Waals surface area contributed by atoms with E-state index >= 15 is 0 Å². The molecule has 2 heteroatoms. The van der Waals surface area contributed by atoms with E-state index in [4.69, 9.17) is 0 Å². The van der Waals surface area contributed by atoms with Crippen molar-refractivity contribution in [1.82, 2.24) is 0 Å². The second-order valence-corrected chi connectivity index (χ2v) is 9.04. The van der Waals surface area contributed by atoms with Crippen LogP contribution in [0.5, 0.6) is 0 Å². The SMILES string of the molecule is CC12CCCC1C1CCC3C(=NO)CCCC3(C)C1CC2. The molecule has 0 aromatic carbocycles. The molecule has 4 fully saturated rings. The molecule has 6 unspecified atom stereocenters. The van der Waals surface area contributed by atoms with Gasteiger partial charge in [-0.25, -0.2) is 0 Å². The minimum atomic E-state index is 0.423. The Morgan fingerprint density at radius 3 is 2.62 bits per heavy atom. The number of hydrogen-bond donors (Lipinski definition) is 1. The van der Waals surface area contributed by atoms with Gasteiger partial charge in [0.2, 0.25) is 0 Å². The highest BCUT2D eigenvalue weighted by Gasteiger charge is 2.58. The summed E-state index contributed by atoms with van der Waals surface area (Å²) in [5.41, 5.74) is 2.21. The van der Waals surface area contributed by atoms with Gasteiger partial charge in [-0.3, -0.25) is 0 Å². The second kappa shape index (κ2) is 4.73. The fraction of sp³-hybridized carbons (Fsp3) is 0.947. The first-order chi connectivity index (χ1) is 10.1. The summed E-state index contributed by atoms with van der Waals surface area (Å²) in [6.07, 6.45) is 13.6. The van der Waals surface area contributed by atoms with E-state index in [9.17, 15) is 5.21 Å². The molecule has 2 nitrogen and oxygen atoms in total. The van der Waals surface area contributed by atoms with Gasteiger partial charge in [-0.2, -0.15) is 0 Å². The molecule has 21 heavy (non-hydrogen) atoms. The Labute approximate surface area is 129 Å². The summed E-state index contributed by atoms with van der Waals surface area (Å²) in [6, 6.07) is 0. The summed E-state index contributed by atoms with van der Waals surface area (Å²) in [4.78, 5) is 0. The third-order valence-electron chi connectivity index (χ3n) is 8.33. The van der Waals surface area contributed by atoms with Gasteiger partial charge in [-0.05, 0) is 86.4 Å². The first-order valence-corrected chi connectivity index (χ1v) is 9.29. The van der Waals surface area contributed by atoms with Crippen molar-refractivity contribution in [3.05, 3.63) is 0 Å². The van der Waals surface area contributed by atoms with Gasteiger partial charge < -0.3 is 5.21 Å². The lowest BCUT2D eigenvalue weighted by atomic mass is 9.45. The Bertz CT molecular complexity index is 458. The lowest BCUT2D eigenvalue weighted by Crippen LogP contribution is -2.54. The van der Waals surface area contributed by atoms with Gasteiger partial charge >= 0.3 is 0 Å². The Morgan fingerprint density at radius 2 is 1.81 bits per heavy atom. The van der Waals surface area contributed by atoms with Crippen LogP contribution in [0.15, 0.2) is 5.16 Å². The lowest BCUT2D eigenvalue weighted by Gasteiger charge is -2.59. The zero-order chi connectivity index (χ0) is 14.7. The third-order valence-corrected chi connectivity index (χ3v) is 8.33. The normalized spacial score (nSPS) is 54.9. The smallest absolute Gasteiger partial charge is 0.0607 e. The molecule has 4 aliphatic carbocycles. The number of rotatable bonds is 0. The summed E-state index contributed by atoms with van der Waals surface area (Å²) >= 11 is 0. The van der Waals surface area contributed by atoms with Gasteiger partial charge in [0.1, 0.15) is 0 Å². The van der Waals surface area contributed by atoms with Crippen molar-refractivity contribution in [2.75, 3.05) is 0 Å². The maximum Gasteiger partial charge on any atom is 0.0607 e. The Morgan fingerprint density at radius 1 is 0.952 bits per heavy atom. The fourth-order valence-electron chi connectivity index (χ4n) is 7.30. The highest BCUT2D eigenvalue weighted by Crippen LogP contribution is 2.65. The predicted molar refractivity (Wildman–Crippen MR) is 85.6 cm³/mol. The summed E-state index contributed by atoms with van der Waals surface area (Å²) in [7, 11) is 0. The molecule has 0 heterocycles. The molecular weight excluding hydrogens is 258 g/mol. The quantitative estimate of drug-likeness (QED) is 0.479. The van der Waals surface area contributed by atoms with Crippen LogP contribution in [0.25, 0.3) is 0 Å². The van der Waals surface area contributed by atoms with E-state index in [2.05, 4.69) is 19.0 Å². The van der Waals surface area contributed by atoms with Crippen LogP contribution < -0.4 is 0 Å². The minimum Gasteiger partial charge on any atom is -0.411 e. The summed E-state index contributed by atoms with van der Waals surface area (Å²) < 4.78 is 0. The van der Waals surface area contributed by atoms with E-state index in [1.54, 1.807) is 0 Å². The molecule has 0 bridgehead atoms. The van der Waals surface area contributed by atoms with Crippen molar-refractivity contribution in [2.45, 2.75) is 78.1 Å². The molecule has 4 aliphatic rings. The van der Waals surface area contributed by atoms with Gasteiger partial charge in [0.05, 0.1) is 5.71 Å². The molecule has 118 valence electrons. The van der Waals surface area contributed by atoms with E-state index in [1.165, 1.54) is 57.8 Å². The summed E-state index contributed by atoms with van der Waals surface area (Å²) in [5, 5.41) is 13.1. The maximum absolute atomic E-state index is 9.42. The minimum absolute atomic E-state index is 0.423. The van der Waals surface area contributed by atoms with Crippen LogP contribution >= 0.6 is 0 Å². The zero-order valence-corrected chi connectivity index (χ0v) is 13.8. The average Bonchev–Trinajstić information content (AvgIpc) is 2.87. The molecule has 0 amide bonds. The molecule has 0 radical (unpaired) electrons. The van der Waals surface area contributed by atoms with E-state index in [-0.39, 0.29) is 0 Å². The highest BCUT2D eigenvalue weighted by atomic mass is 16.4. The topological polar surface area (TPSA) is 32.6 Å². The van der Waals surface area contributed by atoms with E-state index in [0.29, 0.717) is 16.7 Å². The Hall–Kier alpha value is -0.530. The van der Waals surface area contributed by atoms with Crippen LogP contribution in [-0.2, 0) is 0 Å². The molecule has 0 aromatic heterocycles. The van der Waals surface area contributed by atoms with E-state index < -0.39 is 0 Å². The molecule has 0 spiro atoms. The number of nitrogens with zero attached hydrogens (tertiary/aromatic N) is 1. The molecule has 6 atom stereocenters. The number of oxime groups is 1. The molecule has 0 aromatic rings. The molecule has 4 rings (SSSR count). The Balaban J connectivity index is 1.67.